The van der Waals surface area contributed by atoms with Crippen LogP contribution in [0.1, 0.15) is 28.5 Å². The van der Waals surface area contributed by atoms with Crippen LogP contribution in [0, 0.1) is 6.92 Å². The summed E-state index contributed by atoms with van der Waals surface area (Å²) >= 11 is 6.41. The van der Waals surface area contributed by atoms with E-state index in [2.05, 4.69) is 0 Å². The minimum Gasteiger partial charge on any atom is -0.493 e. The number of hydrogen-bond donors (Lipinski definition) is 1. The molecule has 3 aromatic heterocycles. The van der Waals surface area contributed by atoms with Gasteiger partial charge < -0.3 is 9.52 Å². The molecule has 0 unspecified atom stereocenters. The average Bonchev–Trinajstić information content (AvgIpc) is 3.33. The van der Waals surface area contributed by atoms with Crippen LogP contribution >= 0.6 is 11.6 Å². The normalized spacial score (nSPS) is 11.3. The van der Waals surface area contributed by atoms with Gasteiger partial charge in [0, 0.05) is 23.2 Å². The van der Waals surface area contributed by atoms with E-state index in [9.17, 15) is 5.11 Å². The number of rotatable bonds is 5. The van der Waals surface area contributed by atoms with E-state index in [0.717, 1.165) is 34.0 Å². The van der Waals surface area contributed by atoms with E-state index in [-0.39, 0.29) is 5.88 Å². The maximum Gasteiger partial charge on any atom is 0.219 e. The van der Waals surface area contributed by atoms with Crippen molar-refractivity contribution in [2.45, 2.75) is 19.8 Å². The fraction of sp³-hybridized carbons (Fsp3) is 0.120. The predicted molar refractivity (Wildman–Crippen MR) is 121 cm³/mol. The Morgan fingerprint density at radius 3 is 2.42 bits per heavy atom. The third kappa shape index (κ3) is 3.80. The van der Waals surface area contributed by atoms with Crippen molar-refractivity contribution in [3.05, 3.63) is 106 Å². The number of halogens is 1. The number of aryl methyl sites for hydroxylation is 1. The summed E-state index contributed by atoms with van der Waals surface area (Å²) in [5, 5.41) is 11.7. The Bertz CT molecular complexity index is 1370. The lowest BCUT2D eigenvalue weighted by atomic mass is 10.1. The first kappa shape index (κ1) is 19.4. The molecule has 0 aliphatic rings. The van der Waals surface area contributed by atoms with Gasteiger partial charge in [-0.3, -0.25) is 4.40 Å². The van der Waals surface area contributed by atoms with Crippen molar-refractivity contribution in [3.8, 4) is 17.1 Å². The summed E-state index contributed by atoms with van der Waals surface area (Å²) in [5.74, 6) is 1.66. The summed E-state index contributed by atoms with van der Waals surface area (Å²) in [7, 11) is 0. The quantitative estimate of drug-likeness (QED) is 0.381. The van der Waals surface area contributed by atoms with Crippen LogP contribution in [0.4, 0.5) is 0 Å². The van der Waals surface area contributed by atoms with Crippen molar-refractivity contribution in [1.82, 2.24) is 14.4 Å². The number of benzene rings is 2. The third-order valence-corrected chi connectivity index (χ3v) is 5.61. The highest BCUT2D eigenvalue weighted by atomic mass is 35.5. The number of aromatic nitrogens is 3. The molecular weight excluding hydrogens is 410 g/mol. The first-order valence-electron chi connectivity index (χ1n) is 10.0. The number of nitrogens with zero attached hydrogens (tertiary/aromatic N) is 3. The number of hydrogen-bond acceptors (Lipinski definition) is 4. The van der Waals surface area contributed by atoms with Gasteiger partial charge in [0.2, 0.25) is 5.88 Å². The maximum absolute atomic E-state index is 11.0. The highest BCUT2D eigenvalue weighted by molar-refractivity contribution is 6.31. The molecule has 0 spiro atoms. The Labute approximate surface area is 184 Å². The highest BCUT2D eigenvalue weighted by Crippen LogP contribution is 2.29. The van der Waals surface area contributed by atoms with E-state index in [1.54, 1.807) is 4.40 Å². The fourth-order valence-electron chi connectivity index (χ4n) is 3.70. The van der Waals surface area contributed by atoms with Gasteiger partial charge in [-0.05, 0) is 30.7 Å². The molecule has 5 nitrogen and oxygen atoms in total. The van der Waals surface area contributed by atoms with Crippen LogP contribution in [0.15, 0.2) is 77.3 Å². The van der Waals surface area contributed by atoms with Gasteiger partial charge in [-0.15, -0.1) is 0 Å². The summed E-state index contributed by atoms with van der Waals surface area (Å²) < 4.78 is 7.38. The van der Waals surface area contributed by atoms with Gasteiger partial charge in [0.25, 0.3) is 0 Å². The van der Waals surface area contributed by atoms with E-state index in [1.165, 1.54) is 0 Å². The Kier molecular flexibility index (Phi) is 4.96. The Morgan fingerprint density at radius 1 is 0.903 bits per heavy atom. The zero-order valence-electron chi connectivity index (χ0n) is 16.9. The number of imidazole rings is 1. The molecule has 0 atom stereocenters. The Balaban J connectivity index is 1.66. The Morgan fingerprint density at radius 2 is 1.68 bits per heavy atom. The second-order valence-corrected chi connectivity index (χ2v) is 7.88. The Hall–Kier alpha value is -3.57. The first-order valence-corrected chi connectivity index (χ1v) is 10.4. The second kappa shape index (κ2) is 7.93. The average molecular weight is 430 g/mol. The largest absolute Gasteiger partial charge is 0.493 e. The molecule has 0 bridgehead atoms. The molecule has 1 N–H and O–H groups in total. The van der Waals surface area contributed by atoms with Gasteiger partial charge in [0.15, 0.2) is 5.65 Å². The van der Waals surface area contributed by atoms with Gasteiger partial charge >= 0.3 is 0 Å². The standard InChI is InChI=1S/C25H20ClN3O2/c1-16-11-12-19(31-16)14-22-25(30)29-15-23(17-7-3-2-4-8-17)27-21(24(29)28-22)13-18-9-5-6-10-20(18)26/h2-12,15,30H,13-14H2,1H3. The van der Waals surface area contributed by atoms with Gasteiger partial charge in [-0.1, -0.05) is 60.1 Å². The summed E-state index contributed by atoms with van der Waals surface area (Å²) in [5.41, 5.74) is 4.56. The van der Waals surface area contributed by atoms with Crippen LogP contribution in [0.5, 0.6) is 5.88 Å². The number of aromatic hydroxyl groups is 1. The molecule has 0 saturated carbocycles. The predicted octanol–water partition coefficient (Wildman–Crippen LogP) is 5.84. The topological polar surface area (TPSA) is 63.6 Å². The van der Waals surface area contributed by atoms with Gasteiger partial charge in [0.05, 0.1) is 17.8 Å². The smallest absolute Gasteiger partial charge is 0.219 e. The first-order chi connectivity index (χ1) is 15.1. The van der Waals surface area contributed by atoms with E-state index in [1.807, 2.05) is 79.9 Å². The highest BCUT2D eigenvalue weighted by Gasteiger charge is 2.19. The van der Waals surface area contributed by atoms with Crippen molar-refractivity contribution in [1.29, 1.82) is 0 Å². The lowest BCUT2D eigenvalue weighted by Crippen LogP contribution is -2.01. The van der Waals surface area contributed by atoms with Crippen molar-refractivity contribution >= 4 is 17.2 Å². The molecule has 5 rings (SSSR count). The molecule has 0 amide bonds. The maximum atomic E-state index is 11.0. The molecule has 0 fully saturated rings. The molecular formula is C25H20ClN3O2. The van der Waals surface area contributed by atoms with E-state index in [0.29, 0.717) is 29.2 Å². The fourth-order valence-corrected chi connectivity index (χ4v) is 3.90. The van der Waals surface area contributed by atoms with Crippen molar-refractivity contribution in [2.75, 3.05) is 0 Å². The minimum atomic E-state index is 0.0871. The molecule has 6 heteroatoms. The number of fused-ring (bicyclic) bond motifs is 1. The SMILES string of the molecule is Cc1ccc(Cc2nc3c(Cc4ccccc4Cl)nc(-c4ccccc4)cn3c2O)o1. The summed E-state index contributed by atoms with van der Waals surface area (Å²) in [6.07, 6.45) is 2.72. The van der Waals surface area contributed by atoms with Crippen molar-refractivity contribution in [2.24, 2.45) is 0 Å². The van der Waals surface area contributed by atoms with E-state index in [4.69, 9.17) is 26.0 Å². The van der Waals surface area contributed by atoms with E-state index < -0.39 is 0 Å². The summed E-state index contributed by atoms with van der Waals surface area (Å²) in [4.78, 5) is 9.62. The monoisotopic (exact) mass is 429 g/mol. The summed E-state index contributed by atoms with van der Waals surface area (Å²) in [6, 6.07) is 21.4. The second-order valence-electron chi connectivity index (χ2n) is 7.47. The molecule has 0 aliphatic heterocycles. The molecule has 31 heavy (non-hydrogen) atoms. The molecule has 0 radical (unpaired) electrons. The molecule has 5 aromatic rings. The molecule has 154 valence electrons. The lowest BCUT2D eigenvalue weighted by Gasteiger charge is -2.09. The molecule has 2 aromatic carbocycles. The van der Waals surface area contributed by atoms with Crippen molar-refractivity contribution in [3.63, 3.8) is 0 Å². The van der Waals surface area contributed by atoms with Crippen LogP contribution in [0.2, 0.25) is 5.02 Å². The zero-order valence-corrected chi connectivity index (χ0v) is 17.7. The van der Waals surface area contributed by atoms with Gasteiger partial charge in [-0.2, -0.15) is 0 Å². The van der Waals surface area contributed by atoms with Crippen LogP contribution in [0.25, 0.3) is 16.9 Å². The molecule has 0 aliphatic carbocycles. The lowest BCUT2D eigenvalue weighted by molar-refractivity contribution is 0.436. The van der Waals surface area contributed by atoms with Crippen molar-refractivity contribution < 1.29 is 9.52 Å². The van der Waals surface area contributed by atoms with Crippen LogP contribution in [0.3, 0.4) is 0 Å². The van der Waals surface area contributed by atoms with Crippen LogP contribution in [-0.2, 0) is 12.8 Å². The summed E-state index contributed by atoms with van der Waals surface area (Å²) in [6.45, 7) is 1.89. The van der Waals surface area contributed by atoms with Crippen LogP contribution in [-0.4, -0.2) is 19.5 Å². The van der Waals surface area contributed by atoms with Gasteiger partial charge in [0.1, 0.15) is 17.2 Å². The molecule has 0 saturated heterocycles. The van der Waals surface area contributed by atoms with E-state index >= 15 is 0 Å². The minimum absolute atomic E-state index is 0.0871. The van der Waals surface area contributed by atoms with Crippen LogP contribution < -0.4 is 0 Å². The third-order valence-electron chi connectivity index (χ3n) is 5.24. The number of furan rings is 1. The molecule has 3 heterocycles. The zero-order chi connectivity index (χ0) is 21.4. The van der Waals surface area contributed by atoms with Gasteiger partial charge in [-0.25, -0.2) is 9.97 Å².